The zero-order chi connectivity index (χ0) is 12.3. The van der Waals surface area contributed by atoms with E-state index in [9.17, 15) is 0 Å². The molecule has 0 aromatic rings. The highest BCUT2D eigenvalue weighted by Crippen LogP contribution is 2.19. The van der Waals surface area contributed by atoms with E-state index < -0.39 is 0 Å². The van der Waals surface area contributed by atoms with Gasteiger partial charge in [-0.2, -0.15) is 0 Å². The lowest BCUT2D eigenvalue weighted by Crippen LogP contribution is -2.54. The van der Waals surface area contributed by atoms with E-state index in [0.29, 0.717) is 18.2 Å². The second-order valence-corrected chi connectivity index (χ2v) is 5.50. The van der Waals surface area contributed by atoms with Gasteiger partial charge in [0.25, 0.3) is 0 Å². The molecule has 1 saturated heterocycles. The molecule has 1 heterocycles. The van der Waals surface area contributed by atoms with Crippen LogP contribution in [0.2, 0.25) is 0 Å². The van der Waals surface area contributed by atoms with E-state index in [-0.39, 0.29) is 0 Å². The first-order valence-corrected chi connectivity index (χ1v) is 6.81. The first-order chi connectivity index (χ1) is 8.19. The maximum Gasteiger partial charge on any atom is 0.0678 e. The molecule has 4 heteroatoms. The summed E-state index contributed by atoms with van der Waals surface area (Å²) in [6.45, 7) is 8.19. The number of methoxy groups -OCH3 is 1. The van der Waals surface area contributed by atoms with Crippen molar-refractivity contribution in [1.29, 1.82) is 0 Å². The zero-order valence-corrected chi connectivity index (χ0v) is 11.3. The van der Waals surface area contributed by atoms with Gasteiger partial charge < -0.3 is 14.8 Å². The van der Waals surface area contributed by atoms with Crippen LogP contribution in [0.5, 0.6) is 0 Å². The van der Waals surface area contributed by atoms with Crippen LogP contribution < -0.4 is 5.32 Å². The summed E-state index contributed by atoms with van der Waals surface area (Å²) >= 11 is 0. The number of ether oxygens (including phenoxy) is 2. The number of rotatable bonds is 6. The van der Waals surface area contributed by atoms with E-state index in [1.54, 1.807) is 7.11 Å². The highest BCUT2D eigenvalue weighted by atomic mass is 16.5. The van der Waals surface area contributed by atoms with Gasteiger partial charge in [0, 0.05) is 38.8 Å². The molecular weight excluding hydrogens is 216 g/mol. The SMILES string of the molecule is COCC(CNC1CC1)N1CC(C)OC(C)C1. The summed E-state index contributed by atoms with van der Waals surface area (Å²) in [5.74, 6) is 0. The second kappa shape index (κ2) is 6.14. The first-order valence-electron chi connectivity index (χ1n) is 6.81. The Hall–Kier alpha value is -0.160. The lowest BCUT2D eigenvalue weighted by Gasteiger charge is -2.40. The molecule has 1 aliphatic carbocycles. The monoisotopic (exact) mass is 242 g/mol. The minimum atomic E-state index is 0.332. The molecule has 2 aliphatic rings. The van der Waals surface area contributed by atoms with Crippen LogP contribution in [0.3, 0.4) is 0 Å². The Kier molecular flexibility index (Phi) is 4.79. The van der Waals surface area contributed by atoms with Gasteiger partial charge in [0.2, 0.25) is 0 Å². The van der Waals surface area contributed by atoms with Gasteiger partial charge in [-0.05, 0) is 26.7 Å². The number of hydrogen-bond acceptors (Lipinski definition) is 4. The molecule has 2 rings (SSSR count). The standard InChI is InChI=1S/C13H26N2O2/c1-10-7-15(8-11(2)17-10)13(9-16-3)6-14-12-4-5-12/h10-14H,4-9H2,1-3H3. The van der Waals surface area contributed by atoms with Crippen molar-refractivity contribution in [3.05, 3.63) is 0 Å². The molecule has 1 N–H and O–H groups in total. The Morgan fingerprint density at radius 3 is 2.47 bits per heavy atom. The molecule has 3 atom stereocenters. The van der Waals surface area contributed by atoms with E-state index >= 15 is 0 Å². The number of nitrogens with zero attached hydrogens (tertiary/aromatic N) is 1. The summed E-state index contributed by atoms with van der Waals surface area (Å²) in [7, 11) is 1.79. The van der Waals surface area contributed by atoms with E-state index in [1.807, 2.05) is 0 Å². The molecular formula is C13H26N2O2. The van der Waals surface area contributed by atoms with Crippen LogP contribution in [0.1, 0.15) is 26.7 Å². The van der Waals surface area contributed by atoms with Crippen molar-refractivity contribution in [3.8, 4) is 0 Å². The van der Waals surface area contributed by atoms with Crippen molar-refractivity contribution in [1.82, 2.24) is 10.2 Å². The summed E-state index contributed by atoms with van der Waals surface area (Å²) in [5, 5.41) is 3.61. The molecule has 2 fully saturated rings. The van der Waals surface area contributed by atoms with E-state index in [4.69, 9.17) is 9.47 Å². The van der Waals surface area contributed by atoms with E-state index in [0.717, 1.165) is 32.3 Å². The highest BCUT2D eigenvalue weighted by Gasteiger charge is 2.29. The third-order valence-corrected chi connectivity index (χ3v) is 3.54. The Morgan fingerprint density at radius 2 is 1.94 bits per heavy atom. The predicted octanol–water partition coefficient (Wildman–Crippen LogP) is 0.863. The molecule has 4 nitrogen and oxygen atoms in total. The van der Waals surface area contributed by atoms with E-state index in [2.05, 4.69) is 24.1 Å². The van der Waals surface area contributed by atoms with E-state index in [1.165, 1.54) is 12.8 Å². The van der Waals surface area contributed by atoms with Gasteiger partial charge in [0.15, 0.2) is 0 Å². The molecule has 1 aliphatic heterocycles. The van der Waals surface area contributed by atoms with Crippen molar-refractivity contribution >= 4 is 0 Å². The zero-order valence-electron chi connectivity index (χ0n) is 11.3. The van der Waals surface area contributed by atoms with Crippen LogP contribution in [0, 0.1) is 0 Å². The van der Waals surface area contributed by atoms with Gasteiger partial charge in [-0.1, -0.05) is 0 Å². The smallest absolute Gasteiger partial charge is 0.0678 e. The van der Waals surface area contributed by atoms with Crippen LogP contribution >= 0.6 is 0 Å². The third-order valence-electron chi connectivity index (χ3n) is 3.54. The van der Waals surface area contributed by atoms with Crippen LogP contribution in [0.15, 0.2) is 0 Å². The Morgan fingerprint density at radius 1 is 1.29 bits per heavy atom. The fourth-order valence-corrected chi connectivity index (χ4v) is 2.59. The van der Waals surface area contributed by atoms with Crippen LogP contribution in [0.4, 0.5) is 0 Å². The van der Waals surface area contributed by atoms with Crippen LogP contribution in [-0.4, -0.2) is 62.5 Å². The fraction of sp³-hybridized carbons (Fsp3) is 1.00. The Labute approximate surface area is 105 Å². The molecule has 0 aromatic carbocycles. The summed E-state index contributed by atoms with van der Waals surface area (Å²) in [5.41, 5.74) is 0. The molecule has 100 valence electrons. The van der Waals surface area contributed by atoms with Crippen molar-refractivity contribution < 1.29 is 9.47 Å². The topological polar surface area (TPSA) is 33.7 Å². The fourth-order valence-electron chi connectivity index (χ4n) is 2.59. The van der Waals surface area contributed by atoms with Gasteiger partial charge in [-0.25, -0.2) is 0 Å². The van der Waals surface area contributed by atoms with Gasteiger partial charge in [0.05, 0.1) is 18.8 Å². The van der Waals surface area contributed by atoms with Crippen LogP contribution in [0.25, 0.3) is 0 Å². The summed E-state index contributed by atoms with van der Waals surface area (Å²) in [6, 6.07) is 1.25. The summed E-state index contributed by atoms with van der Waals surface area (Å²) in [4.78, 5) is 2.51. The van der Waals surface area contributed by atoms with Crippen molar-refractivity contribution in [2.75, 3.05) is 33.4 Å². The van der Waals surface area contributed by atoms with Gasteiger partial charge in [-0.15, -0.1) is 0 Å². The van der Waals surface area contributed by atoms with Gasteiger partial charge >= 0.3 is 0 Å². The Balaban J connectivity index is 1.83. The van der Waals surface area contributed by atoms with Crippen LogP contribution in [-0.2, 0) is 9.47 Å². The predicted molar refractivity (Wildman–Crippen MR) is 68.3 cm³/mol. The molecule has 0 radical (unpaired) electrons. The molecule has 0 amide bonds. The minimum absolute atomic E-state index is 0.332. The molecule has 1 saturated carbocycles. The first kappa shape index (κ1) is 13.3. The lowest BCUT2D eigenvalue weighted by atomic mass is 10.1. The average Bonchev–Trinajstić information content (AvgIpc) is 3.06. The quantitative estimate of drug-likeness (QED) is 0.749. The highest BCUT2D eigenvalue weighted by molar-refractivity contribution is 4.86. The Bertz CT molecular complexity index is 223. The minimum Gasteiger partial charge on any atom is -0.383 e. The summed E-state index contributed by atoms with van der Waals surface area (Å²) in [6.07, 6.45) is 3.35. The summed E-state index contributed by atoms with van der Waals surface area (Å²) < 4.78 is 11.1. The number of hydrogen-bond donors (Lipinski definition) is 1. The third kappa shape index (κ3) is 4.21. The maximum atomic E-state index is 5.78. The van der Waals surface area contributed by atoms with Crippen molar-refractivity contribution in [2.24, 2.45) is 0 Å². The second-order valence-electron chi connectivity index (χ2n) is 5.50. The average molecular weight is 242 g/mol. The molecule has 0 spiro atoms. The largest absolute Gasteiger partial charge is 0.383 e. The van der Waals surface area contributed by atoms with Gasteiger partial charge in [-0.3, -0.25) is 4.90 Å². The normalized spacial score (nSPS) is 32.6. The number of nitrogens with one attached hydrogen (secondary N) is 1. The van der Waals surface area contributed by atoms with Gasteiger partial charge in [0.1, 0.15) is 0 Å². The number of morpholine rings is 1. The molecule has 0 bridgehead atoms. The molecule has 0 aromatic heterocycles. The maximum absolute atomic E-state index is 5.78. The van der Waals surface area contributed by atoms with Crippen molar-refractivity contribution in [2.45, 2.75) is 51.0 Å². The molecule has 17 heavy (non-hydrogen) atoms. The molecule has 3 unspecified atom stereocenters. The lowest BCUT2D eigenvalue weighted by molar-refractivity contribution is -0.0870. The van der Waals surface area contributed by atoms with Crippen molar-refractivity contribution in [3.63, 3.8) is 0 Å².